The molecule has 2 saturated heterocycles. The molecule has 3 aliphatic heterocycles. The van der Waals surface area contributed by atoms with Crippen LogP contribution in [-0.4, -0.2) is 25.3 Å². The van der Waals surface area contributed by atoms with Gasteiger partial charge in [0, 0.05) is 11.5 Å². The van der Waals surface area contributed by atoms with Crippen LogP contribution in [0.2, 0.25) is 0 Å². The van der Waals surface area contributed by atoms with Crippen molar-refractivity contribution in [1.82, 2.24) is 5.32 Å². The highest BCUT2D eigenvalue weighted by atomic mass is 16.5. The van der Waals surface area contributed by atoms with E-state index in [9.17, 15) is 0 Å². The second kappa shape index (κ2) is 7.16. The second-order valence-electron chi connectivity index (χ2n) is 9.53. The van der Waals surface area contributed by atoms with Crippen LogP contribution < -0.4 is 10.1 Å². The van der Waals surface area contributed by atoms with Gasteiger partial charge in [-0.2, -0.15) is 0 Å². The molecule has 4 rings (SSSR count). The number of para-hydroxylation sites is 1. The van der Waals surface area contributed by atoms with Crippen molar-refractivity contribution in [3.05, 3.63) is 29.8 Å². The molecule has 0 aliphatic carbocycles. The lowest BCUT2D eigenvalue weighted by Gasteiger charge is -2.54. The Morgan fingerprint density at radius 2 is 1.96 bits per heavy atom. The van der Waals surface area contributed by atoms with Crippen molar-refractivity contribution in [1.29, 1.82) is 0 Å². The second-order valence-corrected chi connectivity index (χ2v) is 9.53. The van der Waals surface area contributed by atoms with E-state index in [0.717, 1.165) is 37.8 Å². The minimum absolute atomic E-state index is 0.119. The van der Waals surface area contributed by atoms with Gasteiger partial charge in [0.15, 0.2) is 0 Å². The molecule has 1 aromatic carbocycles. The highest BCUT2D eigenvalue weighted by Gasteiger charge is 2.53. The Labute approximate surface area is 158 Å². The standard InChI is InChI=1S/C23H35NO2/c1-17(2)7-6-10-22(3)19-15-23(11-13-24-14-12-23)16-25-21(19)18-8-4-5-9-20(18)26-22/h4-5,8-9,17,19,21,24H,6-7,10-16H2,1-3H3/t19-,21+,22+/m0/s1. The van der Waals surface area contributed by atoms with E-state index in [2.05, 4.69) is 50.4 Å². The van der Waals surface area contributed by atoms with E-state index in [1.165, 1.54) is 37.7 Å². The van der Waals surface area contributed by atoms with E-state index in [-0.39, 0.29) is 11.7 Å². The number of ether oxygens (including phenoxy) is 2. The molecule has 0 amide bonds. The first kappa shape index (κ1) is 18.3. The first-order valence-corrected chi connectivity index (χ1v) is 10.6. The van der Waals surface area contributed by atoms with Crippen molar-refractivity contribution < 1.29 is 9.47 Å². The molecule has 3 heterocycles. The van der Waals surface area contributed by atoms with Crippen molar-refractivity contribution in [2.24, 2.45) is 17.3 Å². The summed E-state index contributed by atoms with van der Waals surface area (Å²) in [6.07, 6.45) is 7.54. The summed E-state index contributed by atoms with van der Waals surface area (Å²) < 4.78 is 13.3. The van der Waals surface area contributed by atoms with Gasteiger partial charge in [-0.05, 0) is 69.5 Å². The maximum absolute atomic E-state index is 6.71. The van der Waals surface area contributed by atoms with Gasteiger partial charge in [-0.3, -0.25) is 0 Å². The summed E-state index contributed by atoms with van der Waals surface area (Å²) in [5.41, 5.74) is 1.50. The molecule has 2 fully saturated rings. The van der Waals surface area contributed by atoms with Gasteiger partial charge < -0.3 is 14.8 Å². The SMILES string of the molecule is CC(C)CCC[C@@]1(C)Oc2ccccc2[C@H]2OCC3(CCNCC3)C[C@@H]21. The van der Waals surface area contributed by atoms with Gasteiger partial charge in [0.05, 0.1) is 12.7 Å². The Balaban J connectivity index is 1.62. The molecule has 1 spiro atoms. The van der Waals surface area contributed by atoms with E-state index in [4.69, 9.17) is 9.47 Å². The molecule has 0 bridgehead atoms. The first-order valence-electron chi connectivity index (χ1n) is 10.6. The van der Waals surface area contributed by atoms with Crippen LogP contribution >= 0.6 is 0 Å². The van der Waals surface area contributed by atoms with E-state index in [0.29, 0.717) is 11.3 Å². The fraction of sp³-hybridized carbons (Fsp3) is 0.739. The summed E-state index contributed by atoms with van der Waals surface area (Å²) in [4.78, 5) is 0. The van der Waals surface area contributed by atoms with Crippen LogP contribution in [-0.2, 0) is 4.74 Å². The van der Waals surface area contributed by atoms with Crippen molar-refractivity contribution in [2.45, 2.75) is 71.0 Å². The lowest BCUT2D eigenvalue weighted by Crippen LogP contribution is -2.55. The largest absolute Gasteiger partial charge is 0.487 e. The molecule has 0 radical (unpaired) electrons. The van der Waals surface area contributed by atoms with Gasteiger partial charge >= 0.3 is 0 Å². The van der Waals surface area contributed by atoms with Crippen LogP contribution in [0.3, 0.4) is 0 Å². The highest BCUT2D eigenvalue weighted by Crippen LogP contribution is 2.56. The van der Waals surface area contributed by atoms with E-state index < -0.39 is 0 Å². The Kier molecular flexibility index (Phi) is 5.04. The van der Waals surface area contributed by atoms with Crippen LogP contribution in [0.15, 0.2) is 24.3 Å². The summed E-state index contributed by atoms with van der Waals surface area (Å²) >= 11 is 0. The summed E-state index contributed by atoms with van der Waals surface area (Å²) in [6.45, 7) is 10.1. The minimum Gasteiger partial charge on any atom is -0.487 e. The number of hydrogen-bond acceptors (Lipinski definition) is 3. The molecule has 1 aromatic rings. The molecule has 3 aliphatic rings. The van der Waals surface area contributed by atoms with E-state index in [1.54, 1.807) is 0 Å². The van der Waals surface area contributed by atoms with Crippen molar-refractivity contribution in [2.75, 3.05) is 19.7 Å². The van der Waals surface area contributed by atoms with Gasteiger partial charge in [-0.15, -0.1) is 0 Å². The summed E-state index contributed by atoms with van der Waals surface area (Å²) in [6, 6.07) is 8.55. The average Bonchev–Trinajstić information content (AvgIpc) is 2.62. The molecule has 3 atom stereocenters. The third-order valence-corrected chi connectivity index (χ3v) is 7.06. The third-order valence-electron chi connectivity index (χ3n) is 7.06. The van der Waals surface area contributed by atoms with Gasteiger partial charge in [-0.1, -0.05) is 38.5 Å². The molecule has 0 unspecified atom stereocenters. The van der Waals surface area contributed by atoms with Crippen molar-refractivity contribution >= 4 is 0 Å². The molecule has 3 nitrogen and oxygen atoms in total. The van der Waals surface area contributed by atoms with Crippen LogP contribution in [0, 0.1) is 17.3 Å². The molecule has 0 saturated carbocycles. The molecular formula is C23H35NO2. The summed E-state index contributed by atoms with van der Waals surface area (Å²) in [5.74, 6) is 2.25. The summed E-state index contributed by atoms with van der Waals surface area (Å²) in [5, 5.41) is 3.52. The summed E-state index contributed by atoms with van der Waals surface area (Å²) in [7, 11) is 0. The average molecular weight is 358 g/mol. The Bertz CT molecular complexity index is 622. The zero-order chi connectivity index (χ0) is 18.2. The Morgan fingerprint density at radius 3 is 2.73 bits per heavy atom. The van der Waals surface area contributed by atoms with Crippen LogP contribution in [0.1, 0.15) is 71.0 Å². The van der Waals surface area contributed by atoms with Crippen molar-refractivity contribution in [3.63, 3.8) is 0 Å². The molecule has 1 N–H and O–H groups in total. The fourth-order valence-electron chi connectivity index (χ4n) is 5.40. The van der Waals surface area contributed by atoms with Gasteiger partial charge in [0.1, 0.15) is 11.4 Å². The fourth-order valence-corrected chi connectivity index (χ4v) is 5.40. The topological polar surface area (TPSA) is 30.5 Å². The first-order chi connectivity index (χ1) is 12.5. The maximum Gasteiger partial charge on any atom is 0.125 e. The van der Waals surface area contributed by atoms with Gasteiger partial charge in [0.2, 0.25) is 0 Å². The highest BCUT2D eigenvalue weighted by molar-refractivity contribution is 5.39. The quantitative estimate of drug-likeness (QED) is 0.812. The Hall–Kier alpha value is -1.06. The number of hydrogen-bond donors (Lipinski definition) is 1. The Morgan fingerprint density at radius 1 is 1.19 bits per heavy atom. The lowest BCUT2D eigenvalue weighted by molar-refractivity contribution is -0.176. The predicted octanol–water partition coefficient (Wildman–Crippen LogP) is 5.11. The van der Waals surface area contributed by atoms with Crippen LogP contribution in [0.5, 0.6) is 5.75 Å². The molecule has 0 aromatic heterocycles. The molecule has 144 valence electrons. The third kappa shape index (κ3) is 3.41. The van der Waals surface area contributed by atoms with Crippen LogP contribution in [0.4, 0.5) is 0 Å². The smallest absolute Gasteiger partial charge is 0.125 e. The molecule has 3 heteroatoms. The normalized spacial score (nSPS) is 32.8. The number of fused-ring (bicyclic) bond motifs is 3. The van der Waals surface area contributed by atoms with Crippen LogP contribution in [0.25, 0.3) is 0 Å². The molecule has 26 heavy (non-hydrogen) atoms. The minimum atomic E-state index is -0.119. The zero-order valence-corrected chi connectivity index (χ0v) is 16.7. The predicted molar refractivity (Wildman–Crippen MR) is 106 cm³/mol. The van der Waals surface area contributed by atoms with E-state index in [1.807, 2.05) is 0 Å². The van der Waals surface area contributed by atoms with Crippen molar-refractivity contribution in [3.8, 4) is 5.75 Å². The number of nitrogens with one attached hydrogen (secondary N) is 1. The number of benzene rings is 1. The van der Waals surface area contributed by atoms with Gasteiger partial charge in [0.25, 0.3) is 0 Å². The number of piperidine rings is 1. The number of rotatable bonds is 4. The van der Waals surface area contributed by atoms with E-state index >= 15 is 0 Å². The zero-order valence-electron chi connectivity index (χ0n) is 16.7. The molecular weight excluding hydrogens is 322 g/mol. The van der Waals surface area contributed by atoms with Gasteiger partial charge in [-0.25, -0.2) is 0 Å². The monoisotopic (exact) mass is 357 g/mol. The maximum atomic E-state index is 6.71. The lowest BCUT2D eigenvalue weighted by atomic mass is 9.63.